The second-order valence-electron chi connectivity index (χ2n) is 6.97. The second kappa shape index (κ2) is 9.49. The SMILES string of the molecule is CCOc1ccccc1CNC(=O)c1ccc(-c2cc(-c3ccc(Cl)cc3)[nH]n2)cc1. The lowest BCUT2D eigenvalue weighted by Crippen LogP contribution is -2.23. The van der Waals surface area contributed by atoms with Crippen molar-refractivity contribution in [1.82, 2.24) is 15.5 Å². The monoisotopic (exact) mass is 431 g/mol. The van der Waals surface area contributed by atoms with Crippen LogP contribution in [-0.2, 0) is 6.54 Å². The molecule has 0 radical (unpaired) electrons. The zero-order valence-corrected chi connectivity index (χ0v) is 17.8. The molecule has 0 atom stereocenters. The summed E-state index contributed by atoms with van der Waals surface area (Å²) in [5, 5.41) is 11.1. The molecule has 2 N–H and O–H groups in total. The van der Waals surface area contributed by atoms with Crippen molar-refractivity contribution in [3.63, 3.8) is 0 Å². The standard InChI is InChI=1S/C25H22ClN3O2/c1-2-31-24-6-4-3-5-20(24)16-27-25(30)19-9-7-17(8-10-19)22-15-23(29-28-22)18-11-13-21(26)14-12-18/h3-15H,2,16H2,1H3,(H,27,30)(H,28,29). The van der Waals surface area contributed by atoms with Crippen LogP contribution in [-0.4, -0.2) is 22.7 Å². The molecule has 156 valence electrons. The Kier molecular flexibility index (Phi) is 6.34. The smallest absolute Gasteiger partial charge is 0.251 e. The molecule has 0 fully saturated rings. The minimum absolute atomic E-state index is 0.137. The number of carbonyl (C=O) groups excluding carboxylic acids is 1. The van der Waals surface area contributed by atoms with Gasteiger partial charge in [0, 0.05) is 28.3 Å². The molecule has 1 amide bonds. The third-order valence-electron chi connectivity index (χ3n) is 4.89. The van der Waals surface area contributed by atoms with E-state index in [1.165, 1.54) is 0 Å². The van der Waals surface area contributed by atoms with E-state index in [0.717, 1.165) is 33.8 Å². The average Bonchev–Trinajstić information content (AvgIpc) is 3.29. The van der Waals surface area contributed by atoms with Crippen LogP contribution in [0.4, 0.5) is 0 Å². The fraction of sp³-hybridized carbons (Fsp3) is 0.120. The molecule has 0 unspecified atom stereocenters. The fourth-order valence-corrected chi connectivity index (χ4v) is 3.39. The number of amides is 1. The maximum absolute atomic E-state index is 12.6. The molecular weight excluding hydrogens is 410 g/mol. The summed E-state index contributed by atoms with van der Waals surface area (Å²) in [6.45, 7) is 2.93. The Hall–Kier alpha value is -3.57. The molecule has 6 heteroatoms. The van der Waals surface area contributed by atoms with E-state index in [9.17, 15) is 4.79 Å². The van der Waals surface area contributed by atoms with Gasteiger partial charge in [0.2, 0.25) is 0 Å². The Morgan fingerprint density at radius 3 is 2.45 bits per heavy atom. The Morgan fingerprint density at radius 1 is 1.00 bits per heavy atom. The van der Waals surface area contributed by atoms with Crippen LogP contribution in [0.5, 0.6) is 5.75 Å². The number of nitrogens with zero attached hydrogens (tertiary/aromatic N) is 1. The van der Waals surface area contributed by atoms with Gasteiger partial charge < -0.3 is 10.1 Å². The van der Waals surface area contributed by atoms with Gasteiger partial charge in [0.15, 0.2) is 0 Å². The van der Waals surface area contributed by atoms with Gasteiger partial charge >= 0.3 is 0 Å². The van der Waals surface area contributed by atoms with Crippen LogP contribution in [0.1, 0.15) is 22.8 Å². The largest absolute Gasteiger partial charge is 0.494 e. The molecule has 3 aromatic carbocycles. The van der Waals surface area contributed by atoms with Crippen LogP contribution in [0, 0.1) is 0 Å². The maximum atomic E-state index is 12.6. The molecule has 4 rings (SSSR count). The van der Waals surface area contributed by atoms with Crippen LogP contribution in [0.2, 0.25) is 5.02 Å². The highest BCUT2D eigenvalue weighted by molar-refractivity contribution is 6.30. The molecule has 5 nitrogen and oxygen atoms in total. The Bertz CT molecular complexity index is 1170. The average molecular weight is 432 g/mol. The van der Waals surface area contributed by atoms with Crippen molar-refractivity contribution >= 4 is 17.5 Å². The van der Waals surface area contributed by atoms with E-state index in [1.807, 2.05) is 73.7 Å². The molecule has 0 saturated carbocycles. The van der Waals surface area contributed by atoms with Gasteiger partial charge in [-0.3, -0.25) is 9.89 Å². The van der Waals surface area contributed by atoms with Crippen LogP contribution in [0.25, 0.3) is 22.5 Å². The third kappa shape index (κ3) is 4.95. The van der Waals surface area contributed by atoms with Crippen molar-refractivity contribution in [3.05, 3.63) is 95.0 Å². The fourth-order valence-electron chi connectivity index (χ4n) is 3.26. The number of halogens is 1. The van der Waals surface area contributed by atoms with Gasteiger partial charge in [-0.25, -0.2) is 0 Å². The number of hydrogen-bond acceptors (Lipinski definition) is 3. The van der Waals surface area contributed by atoms with Gasteiger partial charge in [0.25, 0.3) is 5.91 Å². The van der Waals surface area contributed by atoms with E-state index < -0.39 is 0 Å². The number of aromatic nitrogens is 2. The summed E-state index contributed by atoms with van der Waals surface area (Å²) in [6.07, 6.45) is 0. The van der Waals surface area contributed by atoms with Crippen LogP contribution >= 0.6 is 11.6 Å². The minimum Gasteiger partial charge on any atom is -0.494 e. The maximum Gasteiger partial charge on any atom is 0.251 e. The minimum atomic E-state index is -0.137. The highest BCUT2D eigenvalue weighted by Crippen LogP contribution is 2.25. The normalized spacial score (nSPS) is 10.6. The first-order valence-corrected chi connectivity index (χ1v) is 10.4. The summed E-state index contributed by atoms with van der Waals surface area (Å²) in [4.78, 5) is 12.6. The summed E-state index contributed by atoms with van der Waals surface area (Å²) in [5.41, 5.74) is 5.18. The topological polar surface area (TPSA) is 67.0 Å². The van der Waals surface area contributed by atoms with E-state index in [-0.39, 0.29) is 5.91 Å². The highest BCUT2D eigenvalue weighted by atomic mass is 35.5. The van der Waals surface area contributed by atoms with Crippen molar-refractivity contribution in [3.8, 4) is 28.3 Å². The lowest BCUT2D eigenvalue weighted by molar-refractivity contribution is 0.0950. The first-order valence-electron chi connectivity index (χ1n) is 10.0. The lowest BCUT2D eigenvalue weighted by Gasteiger charge is -2.11. The van der Waals surface area contributed by atoms with Crippen LogP contribution < -0.4 is 10.1 Å². The number of benzene rings is 3. The third-order valence-corrected chi connectivity index (χ3v) is 5.14. The van der Waals surface area contributed by atoms with Gasteiger partial charge in [-0.2, -0.15) is 5.10 Å². The predicted octanol–water partition coefficient (Wildman–Crippen LogP) is 5.73. The first-order chi connectivity index (χ1) is 15.1. The molecule has 0 bridgehead atoms. The number of carbonyl (C=O) groups is 1. The van der Waals surface area contributed by atoms with E-state index in [1.54, 1.807) is 12.1 Å². The van der Waals surface area contributed by atoms with E-state index in [4.69, 9.17) is 16.3 Å². The van der Waals surface area contributed by atoms with Gasteiger partial charge in [-0.1, -0.05) is 54.1 Å². The molecular formula is C25H22ClN3O2. The molecule has 0 spiro atoms. The molecule has 0 aliphatic carbocycles. The number of hydrogen-bond donors (Lipinski definition) is 2. The Balaban J connectivity index is 1.42. The van der Waals surface area contributed by atoms with Crippen molar-refractivity contribution in [1.29, 1.82) is 0 Å². The summed E-state index contributed by atoms with van der Waals surface area (Å²) in [7, 11) is 0. The van der Waals surface area contributed by atoms with Crippen LogP contribution in [0.3, 0.4) is 0 Å². The first kappa shape index (κ1) is 20.7. The van der Waals surface area contributed by atoms with Gasteiger partial charge in [-0.05, 0) is 48.9 Å². The number of H-pyrrole nitrogens is 1. The van der Waals surface area contributed by atoms with E-state index >= 15 is 0 Å². The van der Waals surface area contributed by atoms with Gasteiger partial charge in [0.05, 0.1) is 18.0 Å². The van der Waals surface area contributed by atoms with E-state index in [2.05, 4.69) is 15.5 Å². The zero-order valence-electron chi connectivity index (χ0n) is 17.1. The zero-order chi connectivity index (χ0) is 21.6. The molecule has 31 heavy (non-hydrogen) atoms. The molecule has 0 aliphatic rings. The van der Waals surface area contributed by atoms with Crippen molar-refractivity contribution in [2.75, 3.05) is 6.61 Å². The molecule has 1 heterocycles. The molecule has 0 saturated heterocycles. The van der Waals surface area contributed by atoms with Gasteiger partial charge in [0.1, 0.15) is 5.75 Å². The summed E-state index contributed by atoms with van der Waals surface area (Å²) in [5.74, 6) is 0.650. The quantitative estimate of drug-likeness (QED) is 0.393. The van der Waals surface area contributed by atoms with E-state index in [0.29, 0.717) is 23.7 Å². The Morgan fingerprint density at radius 2 is 1.71 bits per heavy atom. The Labute approximate surface area is 186 Å². The summed E-state index contributed by atoms with van der Waals surface area (Å²) in [6, 6.07) is 24.6. The number of para-hydroxylation sites is 1. The second-order valence-corrected chi connectivity index (χ2v) is 7.41. The number of nitrogens with one attached hydrogen (secondary N) is 2. The van der Waals surface area contributed by atoms with Crippen molar-refractivity contribution < 1.29 is 9.53 Å². The highest BCUT2D eigenvalue weighted by Gasteiger charge is 2.10. The van der Waals surface area contributed by atoms with Crippen molar-refractivity contribution in [2.24, 2.45) is 0 Å². The molecule has 0 aliphatic heterocycles. The van der Waals surface area contributed by atoms with Crippen LogP contribution in [0.15, 0.2) is 78.9 Å². The number of rotatable bonds is 7. The molecule has 4 aromatic rings. The lowest BCUT2D eigenvalue weighted by atomic mass is 10.1. The summed E-state index contributed by atoms with van der Waals surface area (Å²) < 4.78 is 5.61. The predicted molar refractivity (Wildman–Crippen MR) is 123 cm³/mol. The number of aromatic amines is 1. The summed E-state index contributed by atoms with van der Waals surface area (Å²) >= 11 is 5.95. The number of ether oxygens (including phenoxy) is 1. The van der Waals surface area contributed by atoms with Gasteiger partial charge in [-0.15, -0.1) is 0 Å². The van der Waals surface area contributed by atoms with Crippen molar-refractivity contribution in [2.45, 2.75) is 13.5 Å². The molecule has 1 aromatic heterocycles.